The lowest BCUT2D eigenvalue weighted by molar-refractivity contribution is -0.0122. The predicted octanol–water partition coefficient (Wildman–Crippen LogP) is 2.99. The number of urea groups is 1. The summed E-state index contributed by atoms with van der Waals surface area (Å²) in [7, 11) is 0. The summed E-state index contributed by atoms with van der Waals surface area (Å²) in [5, 5.41) is 12.7. The molecule has 0 aromatic rings. The van der Waals surface area contributed by atoms with E-state index in [4.69, 9.17) is 0 Å². The molecule has 6 nitrogen and oxygen atoms in total. The molecule has 6 aliphatic rings. The highest BCUT2D eigenvalue weighted by atomic mass is 16.4. The zero-order valence-electron chi connectivity index (χ0n) is 15.5. The van der Waals surface area contributed by atoms with Crippen LogP contribution in [0.3, 0.4) is 0 Å². The number of nitrogens with zero attached hydrogens (tertiary/aromatic N) is 2. The lowest BCUT2D eigenvalue weighted by Crippen LogP contribution is -2.59. The Hall–Kier alpha value is -1.46. The van der Waals surface area contributed by atoms with E-state index in [0.29, 0.717) is 31.0 Å². The minimum atomic E-state index is -0.822. The average Bonchev–Trinajstić information content (AvgIpc) is 3.01. The van der Waals surface area contributed by atoms with Crippen molar-refractivity contribution in [3.63, 3.8) is 0 Å². The summed E-state index contributed by atoms with van der Waals surface area (Å²) < 4.78 is 0. The first-order chi connectivity index (χ1) is 12.5. The van der Waals surface area contributed by atoms with Gasteiger partial charge in [0.05, 0.1) is 0 Å². The molecule has 0 aromatic heterocycles. The first-order valence-corrected chi connectivity index (χ1v) is 10.5. The molecule has 1 unspecified atom stereocenters. The fraction of sp³-hybridized carbons (Fsp3) is 0.900. The zero-order chi connectivity index (χ0) is 17.9. The summed E-state index contributed by atoms with van der Waals surface area (Å²) >= 11 is 0. The van der Waals surface area contributed by atoms with Gasteiger partial charge in [-0.15, -0.1) is 0 Å². The first kappa shape index (κ1) is 16.7. The van der Waals surface area contributed by atoms with Crippen LogP contribution in [-0.4, -0.2) is 59.3 Å². The minimum absolute atomic E-state index is 0.0158. The van der Waals surface area contributed by atoms with Crippen LogP contribution in [0.2, 0.25) is 0 Å². The number of nitrogens with one attached hydrogen (secondary N) is 1. The van der Waals surface area contributed by atoms with Crippen LogP contribution in [0.5, 0.6) is 0 Å². The first-order valence-electron chi connectivity index (χ1n) is 10.5. The summed E-state index contributed by atoms with van der Waals surface area (Å²) in [5.74, 6) is 3.24. The fourth-order valence-electron chi connectivity index (χ4n) is 7.21. The number of carboxylic acid groups (broad SMARTS) is 1. The van der Waals surface area contributed by atoms with Gasteiger partial charge in [-0.05, 0) is 75.0 Å². The minimum Gasteiger partial charge on any atom is -0.465 e. The van der Waals surface area contributed by atoms with Gasteiger partial charge in [0.15, 0.2) is 0 Å². The molecule has 2 N–H and O–H groups in total. The van der Waals surface area contributed by atoms with E-state index in [1.54, 1.807) is 0 Å². The van der Waals surface area contributed by atoms with Gasteiger partial charge >= 0.3 is 12.1 Å². The summed E-state index contributed by atoms with van der Waals surface area (Å²) in [6, 6.07) is 0.489. The van der Waals surface area contributed by atoms with Gasteiger partial charge in [-0.2, -0.15) is 0 Å². The second kappa shape index (κ2) is 6.03. The fourth-order valence-corrected chi connectivity index (χ4v) is 7.21. The summed E-state index contributed by atoms with van der Waals surface area (Å²) in [6.07, 6.45) is 8.79. The summed E-state index contributed by atoms with van der Waals surface area (Å²) in [5.41, 5.74) is -0.0158. The van der Waals surface area contributed by atoms with Crippen molar-refractivity contribution in [2.45, 2.75) is 57.4 Å². The van der Waals surface area contributed by atoms with Crippen molar-refractivity contribution in [3.8, 4) is 0 Å². The van der Waals surface area contributed by atoms with Gasteiger partial charge < -0.3 is 20.2 Å². The zero-order valence-corrected chi connectivity index (χ0v) is 15.5. The lowest BCUT2D eigenvalue weighted by atomic mass is 9.54. The van der Waals surface area contributed by atoms with Crippen molar-refractivity contribution in [1.82, 2.24) is 15.1 Å². The van der Waals surface area contributed by atoms with E-state index >= 15 is 0 Å². The second-order valence-corrected chi connectivity index (χ2v) is 9.89. The van der Waals surface area contributed by atoms with E-state index in [1.165, 1.54) is 37.0 Å². The highest BCUT2D eigenvalue weighted by Gasteiger charge is 2.49. The number of piperidine rings is 1. The molecule has 144 valence electrons. The van der Waals surface area contributed by atoms with Gasteiger partial charge in [-0.3, -0.25) is 0 Å². The van der Waals surface area contributed by atoms with Crippen LogP contribution in [0.15, 0.2) is 0 Å². The van der Waals surface area contributed by atoms with Crippen molar-refractivity contribution in [2.24, 2.45) is 29.1 Å². The molecular formula is C20H31N3O3. The van der Waals surface area contributed by atoms with Crippen LogP contribution >= 0.6 is 0 Å². The number of hydrogen-bond acceptors (Lipinski definition) is 2. The molecule has 2 aliphatic heterocycles. The summed E-state index contributed by atoms with van der Waals surface area (Å²) in [6.45, 7) is 2.73. The standard InChI is InChI=1S/C20H31N3O3/c24-18(21-17-15-7-13-6-14(9-15)10-16(17)8-13)22-4-1-2-20(11-22)3-5-23(12-20)19(25)26/h13-17H,1-12H2,(H,21,24)(H,25,26). The van der Waals surface area contributed by atoms with Crippen LogP contribution < -0.4 is 5.32 Å². The Morgan fingerprint density at radius 3 is 2.15 bits per heavy atom. The SMILES string of the molecule is O=C(O)N1CCC2(CCCN(C(=O)NC3C4CC5CC(C4)CC3C5)C2)C1. The molecule has 26 heavy (non-hydrogen) atoms. The highest BCUT2D eigenvalue weighted by molar-refractivity contribution is 5.75. The maximum absolute atomic E-state index is 13.0. The maximum atomic E-state index is 13.0. The number of amides is 3. The van der Waals surface area contributed by atoms with Gasteiger partial charge in [0.1, 0.15) is 0 Å². The van der Waals surface area contributed by atoms with Crippen molar-refractivity contribution in [3.05, 3.63) is 0 Å². The van der Waals surface area contributed by atoms with Gasteiger partial charge in [0.25, 0.3) is 0 Å². The third-order valence-corrected chi connectivity index (χ3v) is 8.17. The van der Waals surface area contributed by atoms with E-state index < -0.39 is 6.09 Å². The molecule has 4 saturated carbocycles. The molecule has 0 aromatic carbocycles. The highest BCUT2D eigenvalue weighted by Crippen LogP contribution is 2.53. The Bertz CT molecular complexity index is 581. The summed E-state index contributed by atoms with van der Waals surface area (Å²) in [4.78, 5) is 27.8. The van der Waals surface area contributed by atoms with Crippen LogP contribution in [0.4, 0.5) is 9.59 Å². The molecule has 3 amide bonds. The number of carbonyl (C=O) groups is 2. The number of rotatable bonds is 1. The number of hydrogen-bond donors (Lipinski definition) is 2. The molecule has 1 spiro atoms. The molecule has 4 bridgehead atoms. The van der Waals surface area contributed by atoms with E-state index in [9.17, 15) is 14.7 Å². The van der Waals surface area contributed by atoms with Crippen LogP contribution in [-0.2, 0) is 0 Å². The Morgan fingerprint density at radius 1 is 0.885 bits per heavy atom. The molecule has 2 saturated heterocycles. The van der Waals surface area contributed by atoms with E-state index in [0.717, 1.165) is 44.2 Å². The van der Waals surface area contributed by atoms with Gasteiger partial charge in [-0.1, -0.05) is 0 Å². The van der Waals surface area contributed by atoms with E-state index in [2.05, 4.69) is 5.32 Å². The van der Waals surface area contributed by atoms with Crippen molar-refractivity contribution < 1.29 is 14.7 Å². The topological polar surface area (TPSA) is 72.9 Å². The Morgan fingerprint density at radius 2 is 1.54 bits per heavy atom. The Kier molecular flexibility index (Phi) is 3.87. The van der Waals surface area contributed by atoms with Crippen LogP contribution in [0.25, 0.3) is 0 Å². The van der Waals surface area contributed by atoms with Crippen LogP contribution in [0, 0.1) is 29.1 Å². The van der Waals surface area contributed by atoms with Gasteiger partial charge in [0.2, 0.25) is 0 Å². The van der Waals surface area contributed by atoms with E-state index in [1.807, 2.05) is 4.90 Å². The van der Waals surface area contributed by atoms with E-state index in [-0.39, 0.29) is 11.4 Å². The predicted molar refractivity (Wildman–Crippen MR) is 96.8 cm³/mol. The monoisotopic (exact) mass is 361 g/mol. The molecule has 6 fully saturated rings. The molecule has 2 heterocycles. The lowest BCUT2D eigenvalue weighted by Gasteiger charge is -2.54. The van der Waals surface area contributed by atoms with Crippen molar-refractivity contribution >= 4 is 12.1 Å². The smallest absolute Gasteiger partial charge is 0.407 e. The maximum Gasteiger partial charge on any atom is 0.407 e. The number of carbonyl (C=O) groups excluding carboxylic acids is 1. The largest absolute Gasteiger partial charge is 0.465 e. The quantitative estimate of drug-likeness (QED) is 0.754. The number of likely N-dealkylation sites (tertiary alicyclic amines) is 2. The molecule has 1 atom stereocenters. The van der Waals surface area contributed by atoms with Gasteiger partial charge in [0, 0.05) is 37.6 Å². The second-order valence-electron chi connectivity index (χ2n) is 9.89. The molecule has 6 heteroatoms. The third kappa shape index (κ3) is 2.76. The van der Waals surface area contributed by atoms with Crippen molar-refractivity contribution in [1.29, 1.82) is 0 Å². The normalized spacial score (nSPS) is 43.9. The molecular weight excluding hydrogens is 330 g/mol. The van der Waals surface area contributed by atoms with Gasteiger partial charge in [-0.25, -0.2) is 9.59 Å². The Balaban J connectivity index is 1.23. The average molecular weight is 361 g/mol. The van der Waals surface area contributed by atoms with Crippen LogP contribution in [0.1, 0.15) is 51.4 Å². The third-order valence-electron chi connectivity index (χ3n) is 8.17. The molecule has 4 aliphatic carbocycles. The molecule has 6 rings (SSSR count). The van der Waals surface area contributed by atoms with Crippen molar-refractivity contribution in [2.75, 3.05) is 26.2 Å². The Labute approximate surface area is 155 Å². The molecule has 0 radical (unpaired) electrons.